The van der Waals surface area contributed by atoms with Gasteiger partial charge < -0.3 is 5.73 Å². The lowest BCUT2D eigenvalue weighted by atomic mass is 9.76. The summed E-state index contributed by atoms with van der Waals surface area (Å²) >= 11 is 3.47. The van der Waals surface area contributed by atoms with E-state index in [1.165, 1.54) is 6.33 Å². The molecular weight excluding hydrogens is 396 g/mol. The number of ketones is 1. The number of Topliss-reactive ketones (excluding diaryl/α,β-unsaturated/α-hetero) is 1. The molecule has 8 heteroatoms. The van der Waals surface area contributed by atoms with E-state index in [0.29, 0.717) is 29.9 Å². The average molecular weight is 411 g/mol. The van der Waals surface area contributed by atoms with E-state index in [9.17, 15) is 10.1 Å². The van der Waals surface area contributed by atoms with Gasteiger partial charge in [0.2, 0.25) is 5.95 Å². The summed E-state index contributed by atoms with van der Waals surface area (Å²) in [7, 11) is 0. The van der Waals surface area contributed by atoms with Gasteiger partial charge in [0.05, 0.1) is 17.6 Å². The Morgan fingerprint density at radius 1 is 1.38 bits per heavy atom. The highest BCUT2D eigenvalue weighted by atomic mass is 79.9. The number of aromatic amines is 1. The van der Waals surface area contributed by atoms with Gasteiger partial charge in [0.15, 0.2) is 5.78 Å². The van der Waals surface area contributed by atoms with Crippen LogP contribution in [0.15, 0.2) is 57.7 Å². The lowest BCUT2D eigenvalue weighted by Gasteiger charge is -2.38. The van der Waals surface area contributed by atoms with E-state index >= 15 is 0 Å². The van der Waals surface area contributed by atoms with Crippen LogP contribution < -0.4 is 10.6 Å². The molecule has 0 unspecified atom stereocenters. The minimum atomic E-state index is -0.473. The van der Waals surface area contributed by atoms with Crippen LogP contribution in [0.5, 0.6) is 0 Å². The van der Waals surface area contributed by atoms with Crippen molar-refractivity contribution in [1.82, 2.24) is 15.2 Å². The van der Waals surface area contributed by atoms with Gasteiger partial charge in [-0.25, -0.2) is 5.10 Å². The number of nitrogens with zero attached hydrogens (tertiary/aromatic N) is 4. The van der Waals surface area contributed by atoms with Crippen LogP contribution in [0.25, 0.3) is 0 Å². The first-order chi connectivity index (χ1) is 12.6. The normalized spacial score (nSPS) is 20.2. The Morgan fingerprint density at radius 3 is 2.92 bits per heavy atom. The third-order valence-corrected chi connectivity index (χ3v) is 5.20. The van der Waals surface area contributed by atoms with Gasteiger partial charge in [-0.2, -0.15) is 15.3 Å². The predicted molar refractivity (Wildman–Crippen MR) is 98.5 cm³/mol. The molecule has 1 aromatic carbocycles. The number of allylic oxidation sites excluding steroid dienone is 3. The molecule has 0 radical (unpaired) electrons. The van der Waals surface area contributed by atoms with Crippen molar-refractivity contribution < 1.29 is 4.79 Å². The Bertz CT molecular complexity index is 985. The second-order valence-corrected chi connectivity index (χ2v) is 7.10. The molecule has 0 saturated carbocycles. The quantitative estimate of drug-likeness (QED) is 0.786. The number of benzene rings is 1. The van der Waals surface area contributed by atoms with E-state index in [0.717, 1.165) is 22.2 Å². The fraction of sp³-hybridized carbons (Fsp3) is 0.222. The molecule has 26 heavy (non-hydrogen) atoms. The van der Waals surface area contributed by atoms with Crippen molar-refractivity contribution in [2.45, 2.75) is 25.2 Å². The first kappa shape index (κ1) is 16.5. The van der Waals surface area contributed by atoms with Crippen LogP contribution >= 0.6 is 15.9 Å². The molecule has 2 heterocycles. The number of anilines is 1. The number of halogens is 1. The summed E-state index contributed by atoms with van der Waals surface area (Å²) in [5.41, 5.74) is 9.00. The maximum Gasteiger partial charge on any atom is 0.231 e. The summed E-state index contributed by atoms with van der Waals surface area (Å²) in [5.74, 6) is 0.258. The Kier molecular flexibility index (Phi) is 4.09. The molecule has 0 bridgehead atoms. The number of carbonyl (C=O) groups is 1. The van der Waals surface area contributed by atoms with E-state index < -0.39 is 5.92 Å². The number of H-pyrrole nitrogens is 1. The molecule has 2 aromatic rings. The van der Waals surface area contributed by atoms with Gasteiger partial charge in [-0.3, -0.25) is 9.69 Å². The molecule has 7 nitrogen and oxygen atoms in total. The second kappa shape index (κ2) is 6.42. The zero-order valence-corrected chi connectivity index (χ0v) is 15.3. The van der Waals surface area contributed by atoms with Gasteiger partial charge in [0.1, 0.15) is 12.1 Å². The third-order valence-electron chi connectivity index (χ3n) is 4.71. The van der Waals surface area contributed by atoms with Gasteiger partial charge in [-0.1, -0.05) is 28.1 Å². The Hall–Kier alpha value is -2.92. The van der Waals surface area contributed by atoms with Crippen LogP contribution in [-0.2, 0) is 4.79 Å². The van der Waals surface area contributed by atoms with Crippen molar-refractivity contribution in [3.8, 4) is 6.07 Å². The molecule has 1 aromatic heterocycles. The van der Waals surface area contributed by atoms with Crippen molar-refractivity contribution >= 4 is 27.7 Å². The summed E-state index contributed by atoms with van der Waals surface area (Å²) in [6.45, 7) is 0. The maximum absolute atomic E-state index is 12.9. The largest absolute Gasteiger partial charge is 0.384 e. The fourth-order valence-electron chi connectivity index (χ4n) is 3.65. The minimum Gasteiger partial charge on any atom is -0.384 e. The first-order valence-electron chi connectivity index (χ1n) is 8.18. The van der Waals surface area contributed by atoms with Gasteiger partial charge in [-0.15, -0.1) is 0 Å². The highest BCUT2D eigenvalue weighted by Crippen LogP contribution is 2.45. The number of carbonyl (C=O) groups excluding carboxylic acids is 1. The van der Waals surface area contributed by atoms with Crippen LogP contribution in [0, 0.1) is 11.3 Å². The molecule has 0 fully saturated rings. The van der Waals surface area contributed by atoms with Crippen LogP contribution in [0.1, 0.15) is 30.7 Å². The Labute approximate surface area is 158 Å². The van der Waals surface area contributed by atoms with Crippen LogP contribution in [-0.4, -0.2) is 21.0 Å². The van der Waals surface area contributed by atoms with Gasteiger partial charge in [0.25, 0.3) is 0 Å². The van der Waals surface area contributed by atoms with Crippen molar-refractivity contribution in [3.05, 3.63) is 63.3 Å². The number of hydrogen-bond donors (Lipinski definition) is 2. The first-order valence-corrected chi connectivity index (χ1v) is 8.98. The summed E-state index contributed by atoms with van der Waals surface area (Å²) in [4.78, 5) is 18.7. The van der Waals surface area contributed by atoms with Crippen LogP contribution in [0.3, 0.4) is 0 Å². The van der Waals surface area contributed by atoms with Gasteiger partial charge >= 0.3 is 0 Å². The van der Waals surface area contributed by atoms with Crippen molar-refractivity contribution in [1.29, 1.82) is 5.26 Å². The third kappa shape index (κ3) is 2.52. The highest BCUT2D eigenvalue weighted by molar-refractivity contribution is 9.10. The lowest BCUT2D eigenvalue weighted by Crippen LogP contribution is -2.39. The van der Waals surface area contributed by atoms with E-state index in [4.69, 9.17) is 5.73 Å². The molecule has 1 aliphatic heterocycles. The van der Waals surface area contributed by atoms with Gasteiger partial charge in [0, 0.05) is 22.2 Å². The summed E-state index contributed by atoms with van der Waals surface area (Å²) < 4.78 is 0.883. The van der Waals surface area contributed by atoms with E-state index in [1.54, 1.807) is 4.90 Å². The fourth-order valence-corrected chi connectivity index (χ4v) is 4.07. The van der Waals surface area contributed by atoms with E-state index in [2.05, 4.69) is 37.2 Å². The molecule has 2 aliphatic rings. The standard InChI is InChI=1S/C18H15BrN6O/c19-11-4-1-3-10(7-11)15-12(8-20)17(21)25(18-22-9-23-24-18)13-5-2-6-14(26)16(13)15/h1,3-4,7,9,15H,2,5-6,21H2,(H,22,23,24)/t15-/m0/s1. The molecule has 0 amide bonds. The smallest absolute Gasteiger partial charge is 0.231 e. The number of aromatic nitrogens is 3. The summed E-state index contributed by atoms with van der Waals surface area (Å²) in [6, 6.07) is 9.85. The predicted octanol–water partition coefficient (Wildman–Crippen LogP) is 2.87. The Balaban J connectivity index is 1.98. The van der Waals surface area contributed by atoms with Gasteiger partial charge in [-0.05, 0) is 30.5 Å². The zero-order valence-electron chi connectivity index (χ0n) is 13.7. The highest BCUT2D eigenvalue weighted by Gasteiger charge is 2.41. The van der Waals surface area contributed by atoms with Crippen LogP contribution in [0.2, 0.25) is 0 Å². The van der Waals surface area contributed by atoms with E-state index in [1.807, 2.05) is 24.3 Å². The zero-order chi connectivity index (χ0) is 18.3. The molecular formula is C18H15BrN6O. The lowest BCUT2D eigenvalue weighted by molar-refractivity contribution is -0.116. The van der Waals surface area contributed by atoms with Crippen LogP contribution in [0.4, 0.5) is 5.95 Å². The number of nitrogens with one attached hydrogen (secondary N) is 1. The van der Waals surface area contributed by atoms with Crippen molar-refractivity contribution in [2.24, 2.45) is 5.73 Å². The number of rotatable bonds is 2. The molecule has 3 N–H and O–H groups in total. The summed E-state index contributed by atoms with van der Waals surface area (Å²) in [6.07, 6.45) is 3.26. The molecule has 4 rings (SSSR count). The average Bonchev–Trinajstić information content (AvgIpc) is 3.15. The maximum atomic E-state index is 12.9. The van der Waals surface area contributed by atoms with E-state index in [-0.39, 0.29) is 11.6 Å². The number of nitriles is 1. The number of nitrogens with two attached hydrogens (primary N) is 1. The van der Waals surface area contributed by atoms with Crippen molar-refractivity contribution in [2.75, 3.05) is 4.90 Å². The minimum absolute atomic E-state index is 0.0426. The molecule has 1 atom stereocenters. The molecule has 0 spiro atoms. The molecule has 0 saturated heterocycles. The summed E-state index contributed by atoms with van der Waals surface area (Å²) in [5, 5.41) is 16.5. The monoisotopic (exact) mass is 410 g/mol. The Morgan fingerprint density at radius 2 is 2.23 bits per heavy atom. The number of hydrogen-bond acceptors (Lipinski definition) is 6. The topological polar surface area (TPSA) is 112 Å². The second-order valence-electron chi connectivity index (χ2n) is 6.18. The SMILES string of the molecule is N#CC1=C(N)N(c2ncn[nH]2)C2=C(C(=O)CCC2)[C@H]1c1cccc(Br)c1. The molecule has 1 aliphatic carbocycles. The molecule has 130 valence electrons. The van der Waals surface area contributed by atoms with Crippen molar-refractivity contribution in [3.63, 3.8) is 0 Å².